The molecule has 2 rings (SSSR count). The van der Waals surface area contributed by atoms with Gasteiger partial charge in [0.2, 0.25) is 0 Å². The number of hydrogen-bond acceptors (Lipinski definition) is 7. The first-order valence-corrected chi connectivity index (χ1v) is 15.9. The van der Waals surface area contributed by atoms with E-state index >= 15 is 0 Å². The van der Waals surface area contributed by atoms with E-state index in [-0.39, 0.29) is 30.3 Å². The monoisotopic (exact) mass is 764 g/mol. The Balaban J connectivity index is 0. The molecule has 0 saturated heterocycles. The van der Waals surface area contributed by atoms with E-state index in [4.69, 9.17) is 5.11 Å². The summed E-state index contributed by atoms with van der Waals surface area (Å²) in [5, 5.41) is 11.5. The van der Waals surface area contributed by atoms with Crippen LogP contribution in [0.5, 0.6) is 0 Å². The molecule has 2 aromatic rings. The van der Waals surface area contributed by atoms with E-state index in [0.29, 0.717) is 24.0 Å². The molecule has 0 aromatic heterocycles. The van der Waals surface area contributed by atoms with Crippen molar-refractivity contribution < 1.29 is 33.8 Å². The fourth-order valence-electron chi connectivity index (χ4n) is 3.61. The van der Waals surface area contributed by atoms with Crippen LogP contribution in [-0.4, -0.2) is 75.2 Å². The van der Waals surface area contributed by atoms with Gasteiger partial charge >= 0.3 is 17.9 Å². The van der Waals surface area contributed by atoms with E-state index in [1.807, 2.05) is 38.4 Å². The quantitative estimate of drug-likeness (QED) is 0.133. The topological polar surface area (TPSA) is 122 Å². The minimum absolute atomic E-state index is 0. The second-order valence-electron chi connectivity index (χ2n) is 9.63. The highest BCUT2D eigenvalue weighted by atomic mass is 79.9. The Hall–Kier alpha value is -2.47. The summed E-state index contributed by atoms with van der Waals surface area (Å²) in [6.45, 7) is 1.80. The highest BCUT2D eigenvalue weighted by Gasteiger charge is 2.11. The lowest BCUT2D eigenvalue weighted by molar-refractivity contribution is -0.141. The Kier molecular flexibility index (Phi) is 27.8. The molecule has 1 amide bonds. The number of nitrogens with zero attached hydrogens (tertiary/aromatic N) is 1. The minimum Gasteiger partial charge on any atom is -0.478 e. The number of carboxylic acids is 1. The minimum atomic E-state index is -0.896. The number of rotatable bonds is 16. The summed E-state index contributed by atoms with van der Waals surface area (Å²) in [6, 6.07) is 13.9. The zero-order chi connectivity index (χ0) is 32.5. The molecule has 0 aliphatic carbocycles. The number of carbonyl (C=O) groups is 4. The van der Waals surface area contributed by atoms with Crippen molar-refractivity contribution in [1.29, 1.82) is 0 Å². The van der Waals surface area contributed by atoms with Crippen LogP contribution in [0.25, 0.3) is 0 Å². The van der Waals surface area contributed by atoms with Crippen LogP contribution in [0.4, 0.5) is 0 Å². The van der Waals surface area contributed by atoms with E-state index in [9.17, 15) is 19.2 Å². The van der Waals surface area contributed by atoms with E-state index in [2.05, 4.69) is 46.7 Å². The van der Waals surface area contributed by atoms with Gasteiger partial charge in [0.15, 0.2) is 0 Å². The number of hydrogen-bond donors (Lipinski definition) is 2. The first kappa shape index (κ1) is 43.7. The van der Waals surface area contributed by atoms with Crippen molar-refractivity contribution in [3.05, 3.63) is 68.6 Å². The summed E-state index contributed by atoms with van der Waals surface area (Å²) in [5.41, 5.74) is 1.01. The summed E-state index contributed by atoms with van der Waals surface area (Å²) in [5.74, 6) is -1.11. The van der Waals surface area contributed by atoms with Gasteiger partial charge in [0, 0.05) is 40.9 Å². The maximum absolute atomic E-state index is 12.2. The molecule has 0 spiro atoms. The van der Waals surface area contributed by atoms with Crippen molar-refractivity contribution in [2.75, 3.05) is 41.4 Å². The molecule has 248 valence electrons. The fraction of sp³-hybridized carbons (Fsp3) is 0.500. The summed E-state index contributed by atoms with van der Waals surface area (Å²) < 4.78 is 11.0. The van der Waals surface area contributed by atoms with Gasteiger partial charge in [-0.3, -0.25) is 14.4 Å². The third-order valence-corrected chi connectivity index (χ3v) is 7.22. The van der Waals surface area contributed by atoms with Gasteiger partial charge < -0.3 is 24.8 Å². The van der Waals surface area contributed by atoms with Crippen LogP contribution in [0.1, 0.15) is 84.9 Å². The summed E-state index contributed by atoms with van der Waals surface area (Å²) in [4.78, 5) is 45.8. The van der Waals surface area contributed by atoms with Crippen molar-refractivity contribution in [2.24, 2.45) is 0 Å². The SMILES string of the molecule is CNCCCCCCC(=O)OC.COC(=O)CCCCCCN(C)C(=O)c1ccc(Br)cc1.Cl.O=C(O)c1ccc(Br)cc1. The molecule has 0 fully saturated rings. The van der Waals surface area contributed by atoms with E-state index in [0.717, 1.165) is 60.6 Å². The highest BCUT2D eigenvalue weighted by molar-refractivity contribution is 9.10. The van der Waals surface area contributed by atoms with Gasteiger partial charge in [-0.1, -0.05) is 57.5 Å². The van der Waals surface area contributed by atoms with Crippen molar-refractivity contribution in [3.8, 4) is 0 Å². The third-order valence-electron chi connectivity index (χ3n) is 6.17. The van der Waals surface area contributed by atoms with Gasteiger partial charge in [-0.15, -0.1) is 12.4 Å². The predicted molar refractivity (Wildman–Crippen MR) is 184 cm³/mol. The Morgan fingerprint density at radius 3 is 1.52 bits per heavy atom. The zero-order valence-electron chi connectivity index (χ0n) is 26.1. The Labute approximate surface area is 285 Å². The number of amides is 1. The van der Waals surface area contributed by atoms with Crippen molar-refractivity contribution in [3.63, 3.8) is 0 Å². The molecule has 2 N–H and O–H groups in total. The second-order valence-corrected chi connectivity index (χ2v) is 11.5. The lowest BCUT2D eigenvalue weighted by Crippen LogP contribution is -2.27. The van der Waals surface area contributed by atoms with E-state index < -0.39 is 5.97 Å². The molecule has 44 heavy (non-hydrogen) atoms. The first-order chi connectivity index (χ1) is 20.5. The van der Waals surface area contributed by atoms with E-state index in [1.54, 1.807) is 29.2 Å². The number of methoxy groups -OCH3 is 2. The highest BCUT2D eigenvalue weighted by Crippen LogP contribution is 2.13. The van der Waals surface area contributed by atoms with Crippen LogP contribution in [0.2, 0.25) is 0 Å². The van der Waals surface area contributed by atoms with Crippen LogP contribution in [0.3, 0.4) is 0 Å². The fourth-order valence-corrected chi connectivity index (χ4v) is 4.14. The smallest absolute Gasteiger partial charge is 0.335 e. The molecule has 9 nitrogen and oxygen atoms in total. The van der Waals surface area contributed by atoms with Gasteiger partial charge in [0.1, 0.15) is 0 Å². The number of carboxylic acid groups (broad SMARTS) is 1. The number of ether oxygens (including phenoxy) is 2. The number of carbonyl (C=O) groups excluding carboxylic acids is 3. The molecular weight excluding hydrogens is 720 g/mol. The van der Waals surface area contributed by atoms with Crippen LogP contribution in [-0.2, 0) is 19.1 Å². The molecule has 2 aromatic carbocycles. The van der Waals surface area contributed by atoms with Gasteiger partial charge in [-0.25, -0.2) is 4.79 Å². The van der Waals surface area contributed by atoms with Gasteiger partial charge in [0.25, 0.3) is 5.91 Å². The maximum atomic E-state index is 12.2. The summed E-state index contributed by atoms with van der Waals surface area (Å²) in [7, 11) is 6.61. The Morgan fingerprint density at radius 2 is 1.11 bits per heavy atom. The van der Waals surface area contributed by atoms with Gasteiger partial charge in [-0.05, 0) is 87.8 Å². The molecule has 0 unspecified atom stereocenters. The van der Waals surface area contributed by atoms with E-state index in [1.165, 1.54) is 27.1 Å². The maximum Gasteiger partial charge on any atom is 0.335 e. The van der Waals surface area contributed by atoms with Crippen LogP contribution in [0, 0.1) is 0 Å². The second kappa shape index (κ2) is 28.0. The van der Waals surface area contributed by atoms with Crippen molar-refractivity contribution in [2.45, 2.75) is 64.2 Å². The molecule has 0 heterocycles. The van der Waals surface area contributed by atoms with Crippen molar-refractivity contribution in [1.82, 2.24) is 10.2 Å². The molecule has 0 bridgehead atoms. The Morgan fingerprint density at radius 1 is 0.705 bits per heavy atom. The molecular formula is C32H47Br2ClN2O7. The average molecular weight is 767 g/mol. The first-order valence-electron chi connectivity index (χ1n) is 14.3. The van der Waals surface area contributed by atoms with Crippen molar-refractivity contribution >= 4 is 68.1 Å². The number of esters is 2. The molecule has 0 aliphatic heterocycles. The van der Waals surface area contributed by atoms with Crippen LogP contribution in [0.15, 0.2) is 57.5 Å². The van der Waals surface area contributed by atoms with Crippen LogP contribution >= 0.6 is 44.3 Å². The number of halogens is 3. The lowest BCUT2D eigenvalue weighted by atomic mass is 10.1. The predicted octanol–water partition coefficient (Wildman–Crippen LogP) is 7.54. The molecule has 0 atom stereocenters. The number of nitrogens with one attached hydrogen (secondary N) is 1. The Bertz CT molecular complexity index is 1070. The number of benzene rings is 2. The van der Waals surface area contributed by atoms with Gasteiger partial charge in [0.05, 0.1) is 19.8 Å². The van der Waals surface area contributed by atoms with Gasteiger partial charge in [-0.2, -0.15) is 0 Å². The number of unbranched alkanes of at least 4 members (excludes halogenated alkanes) is 6. The molecule has 0 saturated carbocycles. The van der Waals surface area contributed by atoms with Crippen LogP contribution < -0.4 is 5.32 Å². The number of aromatic carboxylic acids is 1. The summed E-state index contributed by atoms with van der Waals surface area (Å²) >= 11 is 6.56. The molecule has 0 radical (unpaired) electrons. The summed E-state index contributed by atoms with van der Waals surface area (Å²) in [6.07, 6.45) is 9.28. The molecule has 0 aliphatic rings. The third kappa shape index (κ3) is 23.0. The zero-order valence-corrected chi connectivity index (χ0v) is 30.1. The standard InChI is InChI=1S/C16H22BrNO3.C9H19NO2.C7H5BrO2.ClH/c1-18(12-6-4-3-5-7-15(19)21-2)16(20)13-8-10-14(17)11-9-13;1-10-8-6-4-3-5-7-9(11)12-2;8-6-3-1-5(2-4-6)7(9)10;/h8-11H,3-7,12H2,1-2H3;10H,3-8H2,1-2H3;1-4H,(H,9,10);1H. The molecule has 12 heteroatoms. The lowest BCUT2D eigenvalue weighted by Gasteiger charge is -2.17. The average Bonchev–Trinajstić information content (AvgIpc) is 3.01. The normalized spacial score (nSPS) is 9.68. The largest absolute Gasteiger partial charge is 0.478 e.